The van der Waals surface area contributed by atoms with Gasteiger partial charge in [-0.05, 0) is 11.6 Å². The zero-order valence-corrected chi connectivity index (χ0v) is 6.86. The molecule has 0 spiro atoms. The van der Waals surface area contributed by atoms with Gasteiger partial charge in [-0.2, -0.15) is 0 Å². The first kappa shape index (κ1) is 7.55. The van der Waals surface area contributed by atoms with Crippen LogP contribution in [0.2, 0.25) is 0 Å². The first-order chi connectivity index (χ1) is 5.83. The van der Waals surface area contributed by atoms with Gasteiger partial charge in [0.05, 0.1) is 7.11 Å². The first-order valence-electron chi connectivity index (χ1n) is 3.88. The van der Waals surface area contributed by atoms with Gasteiger partial charge in [0.25, 0.3) is 0 Å². The molecule has 1 aromatic rings. The van der Waals surface area contributed by atoms with Crippen molar-refractivity contribution in [3.8, 4) is 5.75 Å². The van der Waals surface area contributed by atoms with Crippen molar-refractivity contribution in [3.05, 3.63) is 29.1 Å². The lowest BCUT2D eigenvalue weighted by molar-refractivity contribution is 0.381. The van der Waals surface area contributed by atoms with Crippen LogP contribution in [0.25, 0.3) is 0 Å². The Morgan fingerprint density at radius 1 is 1.42 bits per heavy atom. The minimum atomic E-state index is -0.278. The highest BCUT2D eigenvalue weighted by Gasteiger charge is 2.17. The fraction of sp³-hybridized carbons (Fsp3) is 0.333. The molecule has 0 amide bonds. The van der Waals surface area contributed by atoms with E-state index in [0.29, 0.717) is 12.3 Å². The van der Waals surface area contributed by atoms with E-state index < -0.39 is 0 Å². The van der Waals surface area contributed by atoms with Gasteiger partial charge in [-0.25, -0.2) is 4.39 Å². The number of fused-ring (bicyclic) bond motifs is 1. The third-order valence-corrected chi connectivity index (χ3v) is 2.13. The number of halogens is 1. The quantitative estimate of drug-likeness (QED) is 0.683. The summed E-state index contributed by atoms with van der Waals surface area (Å²) in [6, 6.07) is 3.25. The fourth-order valence-electron chi connectivity index (χ4n) is 1.54. The summed E-state index contributed by atoms with van der Waals surface area (Å²) in [5, 5.41) is 3.14. The number of ether oxygens (including phenoxy) is 1. The lowest BCUT2D eigenvalue weighted by Crippen LogP contribution is -2.00. The summed E-state index contributed by atoms with van der Waals surface area (Å²) < 4.78 is 18.1. The summed E-state index contributed by atoms with van der Waals surface area (Å²) in [5.74, 6) is 0.109. The van der Waals surface area contributed by atoms with Crippen molar-refractivity contribution in [1.29, 1.82) is 0 Å². The summed E-state index contributed by atoms with van der Waals surface area (Å²) in [6.07, 6.45) is 0. The second-order valence-electron chi connectivity index (χ2n) is 2.82. The first-order valence-corrected chi connectivity index (χ1v) is 3.88. The molecule has 1 N–H and O–H groups in total. The average molecular weight is 167 g/mol. The summed E-state index contributed by atoms with van der Waals surface area (Å²) in [4.78, 5) is 0. The molecular formula is C9H10FNO. The van der Waals surface area contributed by atoms with Crippen molar-refractivity contribution >= 4 is 0 Å². The molecule has 0 fully saturated rings. The molecule has 1 aliphatic rings. The maximum absolute atomic E-state index is 13.1. The van der Waals surface area contributed by atoms with Crippen LogP contribution in [0.1, 0.15) is 11.1 Å². The van der Waals surface area contributed by atoms with E-state index in [1.807, 2.05) is 0 Å². The molecule has 0 saturated heterocycles. The lowest BCUT2D eigenvalue weighted by Gasteiger charge is -2.06. The van der Waals surface area contributed by atoms with Gasteiger partial charge in [0.1, 0.15) is 0 Å². The van der Waals surface area contributed by atoms with E-state index in [-0.39, 0.29) is 5.82 Å². The number of hydrogen-bond acceptors (Lipinski definition) is 2. The number of hydrogen-bond donors (Lipinski definition) is 1. The van der Waals surface area contributed by atoms with Crippen molar-refractivity contribution in [2.45, 2.75) is 13.1 Å². The van der Waals surface area contributed by atoms with Gasteiger partial charge < -0.3 is 10.1 Å². The van der Waals surface area contributed by atoms with Gasteiger partial charge in [0.2, 0.25) is 0 Å². The molecule has 1 aliphatic heterocycles. The SMILES string of the molecule is COc1c(F)ccc2c1CNC2. The van der Waals surface area contributed by atoms with E-state index in [0.717, 1.165) is 17.7 Å². The molecule has 0 bridgehead atoms. The molecule has 0 aliphatic carbocycles. The zero-order valence-electron chi connectivity index (χ0n) is 6.86. The van der Waals surface area contributed by atoms with Crippen LogP contribution < -0.4 is 10.1 Å². The molecule has 0 atom stereocenters. The molecule has 0 aromatic heterocycles. The highest BCUT2D eigenvalue weighted by atomic mass is 19.1. The number of benzene rings is 1. The van der Waals surface area contributed by atoms with Crippen molar-refractivity contribution < 1.29 is 9.13 Å². The molecule has 1 aromatic carbocycles. The topological polar surface area (TPSA) is 21.3 Å². The third-order valence-electron chi connectivity index (χ3n) is 2.13. The maximum Gasteiger partial charge on any atom is 0.165 e. The van der Waals surface area contributed by atoms with E-state index >= 15 is 0 Å². The molecule has 12 heavy (non-hydrogen) atoms. The van der Waals surface area contributed by atoms with Gasteiger partial charge >= 0.3 is 0 Å². The molecule has 0 unspecified atom stereocenters. The van der Waals surface area contributed by atoms with Crippen molar-refractivity contribution in [2.24, 2.45) is 0 Å². The van der Waals surface area contributed by atoms with Crippen molar-refractivity contribution in [3.63, 3.8) is 0 Å². The Labute approximate surface area is 70.3 Å². The minimum absolute atomic E-state index is 0.278. The molecule has 0 radical (unpaired) electrons. The monoisotopic (exact) mass is 167 g/mol. The maximum atomic E-state index is 13.1. The van der Waals surface area contributed by atoms with Gasteiger partial charge in [-0.1, -0.05) is 6.07 Å². The Balaban J connectivity index is 2.57. The van der Waals surface area contributed by atoms with E-state index in [9.17, 15) is 4.39 Å². The third kappa shape index (κ3) is 0.975. The molecule has 3 heteroatoms. The van der Waals surface area contributed by atoms with Crippen LogP contribution in [0.15, 0.2) is 12.1 Å². The number of nitrogens with one attached hydrogen (secondary N) is 1. The Morgan fingerprint density at radius 3 is 3.00 bits per heavy atom. The van der Waals surface area contributed by atoms with E-state index in [2.05, 4.69) is 5.32 Å². The minimum Gasteiger partial charge on any atom is -0.493 e. The Bertz CT molecular complexity index is 312. The highest BCUT2D eigenvalue weighted by Crippen LogP contribution is 2.28. The van der Waals surface area contributed by atoms with Crippen LogP contribution >= 0.6 is 0 Å². The van der Waals surface area contributed by atoms with Crippen LogP contribution in [0.3, 0.4) is 0 Å². The van der Waals surface area contributed by atoms with Crippen LogP contribution in [0.5, 0.6) is 5.75 Å². The summed E-state index contributed by atoms with van der Waals surface area (Å²) >= 11 is 0. The molecule has 0 saturated carbocycles. The number of rotatable bonds is 1. The second-order valence-corrected chi connectivity index (χ2v) is 2.82. The molecule has 2 nitrogen and oxygen atoms in total. The van der Waals surface area contributed by atoms with Crippen LogP contribution in [0.4, 0.5) is 4.39 Å². The predicted octanol–water partition coefficient (Wildman–Crippen LogP) is 1.44. The summed E-state index contributed by atoms with van der Waals surface area (Å²) in [7, 11) is 1.50. The zero-order chi connectivity index (χ0) is 8.55. The predicted molar refractivity (Wildman–Crippen MR) is 43.5 cm³/mol. The Hall–Kier alpha value is -1.09. The lowest BCUT2D eigenvalue weighted by atomic mass is 10.1. The van der Waals surface area contributed by atoms with Crippen LogP contribution in [0, 0.1) is 5.82 Å². The van der Waals surface area contributed by atoms with Gasteiger partial charge in [-0.15, -0.1) is 0 Å². The normalized spacial score (nSPS) is 14.5. The van der Waals surface area contributed by atoms with E-state index in [1.165, 1.54) is 13.2 Å². The molecule has 2 rings (SSSR count). The Kier molecular flexibility index (Phi) is 1.73. The van der Waals surface area contributed by atoms with E-state index in [4.69, 9.17) is 4.74 Å². The standard InChI is InChI=1S/C9H10FNO/c1-12-9-7-5-11-4-6(7)2-3-8(9)10/h2-3,11H,4-5H2,1H3. The smallest absolute Gasteiger partial charge is 0.165 e. The van der Waals surface area contributed by atoms with Crippen molar-refractivity contribution in [2.75, 3.05) is 7.11 Å². The number of methoxy groups -OCH3 is 1. The Morgan fingerprint density at radius 2 is 2.25 bits per heavy atom. The summed E-state index contributed by atoms with van der Waals surface area (Å²) in [5.41, 5.74) is 2.09. The van der Waals surface area contributed by atoms with Crippen LogP contribution in [-0.2, 0) is 13.1 Å². The largest absolute Gasteiger partial charge is 0.493 e. The summed E-state index contributed by atoms with van der Waals surface area (Å²) in [6.45, 7) is 1.52. The fourth-order valence-corrected chi connectivity index (χ4v) is 1.54. The molecular weight excluding hydrogens is 157 g/mol. The van der Waals surface area contributed by atoms with Crippen molar-refractivity contribution in [1.82, 2.24) is 5.32 Å². The molecule has 1 heterocycles. The average Bonchev–Trinajstić information content (AvgIpc) is 2.52. The van der Waals surface area contributed by atoms with Crippen LogP contribution in [-0.4, -0.2) is 7.11 Å². The van der Waals surface area contributed by atoms with Gasteiger partial charge in [-0.3, -0.25) is 0 Å². The molecule has 64 valence electrons. The van der Waals surface area contributed by atoms with E-state index in [1.54, 1.807) is 6.07 Å². The highest BCUT2D eigenvalue weighted by molar-refractivity contribution is 5.43. The van der Waals surface area contributed by atoms with Gasteiger partial charge in [0, 0.05) is 18.7 Å². The second kappa shape index (κ2) is 2.75. The van der Waals surface area contributed by atoms with Gasteiger partial charge in [0.15, 0.2) is 11.6 Å².